The van der Waals surface area contributed by atoms with Gasteiger partial charge in [0.2, 0.25) is 0 Å². The average Bonchev–Trinajstić information content (AvgIpc) is 2.84. The molecule has 0 unspecified atom stereocenters. The summed E-state index contributed by atoms with van der Waals surface area (Å²) in [6.45, 7) is 2.32. The van der Waals surface area contributed by atoms with E-state index in [4.69, 9.17) is 12.2 Å². The first kappa shape index (κ1) is 15.3. The maximum Gasteiger partial charge on any atom is 0.185 e. The van der Waals surface area contributed by atoms with Crippen molar-refractivity contribution in [3.05, 3.63) is 40.2 Å². The van der Waals surface area contributed by atoms with Gasteiger partial charge in [-0.15, -0.1) is 0 Å². The summed E-state index contributed by atoms with van der Waals surface area (Å²) in [5, 5.41) is 2.81. The minimum absolute atomic E-state index is 0. The van der Waals surface area contributed by atoms with E-state index in [0.717, 1.165) is 11.4 Å². The molecule has 0 bridgehead atoms. The van der Waals surface area contributed by atoms with Crippen LogP contribution < -0.4 is 5.32 Å². The Morgan fingerprint density at radius 3 is 2.83 bits per heavy atom. The first-order chi connectivity index (χ1) is 8.08. The molecule has 0 fully saturated rings. The molecule has 2 heterocycles. The van der Waals surface area contributed by atoms with E-state index in [9.17, 15) is 4.79 Å². The first-order valence-corrected chi connectivity index (χ1v) is 5.57. The zero-order valence-corrected chi connectivity index (χ0v) is 13.9. The molecule has 0 aliphatic rings. The molecule has 2 aromatic heterocycles. The van der Waals surface area contributed by atoms with Gasteiger partial charge in [-0.05, 0) is 31.9 Å². The third kappa shape index (κ3) is 3.40. The van der Waals surface area contributed by atoms with Gasteiger partial charge in [0.25, 0.3) is 0 Å². The van der Waals surface area contributed by atoms with Crippen molar-refractivity contribution in [1.29, 1.82) is 0 Å². The second kappa shape index (κ2) is 6.45. The topological polar surface area (TPSA) is 65.6 Å². The number of imidazole rings is 1. The zero-order valence-electron chi connectivity index (χ0n) is 10.2. The van der Waals surface area contributed by atoms with Crippen molar-refractivity contribution in [3.63, 3.8) is 0 Å². The number of H-pyrrole nitrogens is 2. The molecule has 3 N–H and O–H groups in total. The summed E-state index contributed by atoms with van der Waals surface area (Å²) in [6.07, 6.45) is 1.74. The second-order valence-corrected chi connectivity index (χ2v) is 4.18. The summed E-state index contributed by atoms with van der Waals surface area (Å²) in [5.74, 6) is -0.127. The summed E-state index contributed by atoms with van der Waals surface area (Å²) in [4.78, 5) is 17.6. The summed E-state index contributed by atoms with van der Waals surface area (Å²) in [5.41, 5.74) is 2.37. The Morgan fingerprint density at radius 2 is 2.33 bits per heavy atom. The van der Waals surface area contributed by atoms with Gasteiger partial charge in [0.1, 0.15) is 0 Å². The molecule has 0 saturated heterocycles. The van der Waals surface area contributed by atoms with Gasteiger partial charge in [-0.25, -0.2) is 12.1 Å². The molecule has 1 radical (unpaired) electrons. The van der Waals surface area contributed by atoms with E-state index in [1.807, 2.05) is 14.0 Å². The predicted molar refractivity (Wildman–Crippen MR) is 66.1 cm³/mol. The Morgan fingerprint density at radius 1 is 1.61 bits per heavy atom. The summed E-state index contributed by atoms with van der Waals surface area (Å²) >= 11 is 4.90. The fraction of sp³-hybridized carbons (Fsp3) is 0.273. The van der Waals surface area contributed by atoms with Crippen molar-refractivity contribution >= 4 is 18.1 Å². The van der Waals surface area contributed by atoms with E-state index in [-0.39, 0.29) is 38.6 Å². The summed E-state index contributed by atoms with van der Waals surface area (Å²) in [7, 11) is 1.84. The molecule has 93 valence electrons. The zero-order chi connectivity index (χ0) is 12.4. The molecule has 7 heteroatoms. The van der Waals surface area contributed by atoms with E-state index in [1.54, 1.807) is 16.8 Å². The minimum atomic E-state index is -0.127. The van der Waals surface area contributed by atoms with Crippen LogP contribution in [0.15, 0.2) is 12.3 Å². The number of aryl methyl sites for hydroxylation is 1. The number of hydrogen-bond acceptors (Lipinski definition) is 2. The molecule has 1 amide bonds. The number of aromatic amines is 2. The van der Waals surface area contributed by atoms with Crippen molar-refractivity contribution in [2.75, 3.05) is 0 Å². The van der Waals surface area contributed by atoms with Gasteiger partial charge in [-0.3, -0.25) is 4.79 Å². The van der Waals surface area contributed by atoms with Gasteiger partial charge < -0.3 is 19.9 Å². The van der Waals surface area contributed by atoms with Crippen LogP contribution in [0.1, 0.15) is 21.9 Å². The van der Waals surface area contributed by atoms with E-state index < -0.39 is 0 Å². The van der Waals surface area contributed by atoms with Gasteiger partial charge in [-0.1, -0.05) is 5.69 Å². The van der Waals surface area contributed by atoms with Crippen molar-refractivity contribution in [2.24, 2.45) is 7.05 Å². The maximum atomic E-state index is 11.9. The molecule has 0 saturated carbocycles. The first-order valence-electron chi connectivity index (χ1n) is 5.16. The molecular weight excluding hydrogens is 325 g/mol. The third-order valence-corrected chi connectivity index (χ3v) is 2.83. The number of carbonyl (C=O) groups is 1. The van der Waals surface area contributed by atoms with Gasteiger partial charge in [-0.2, -0.15) is 0 Å². The van der Waals surface area contributed by atoms with Crippen LogP contribution in [-0.2, 0) is 46.3 Å². The molecule has 0 aliphatic heterocycles. The molecular formula is C11H13N4OSY-. The molecule has 0 atom stereocenters. The smallest absolute Gasteiger partial charge is 0.185 e. The van der Waals surface area contributed by atoms with Crippen LogP contribution in [0.25, 0.3) is 0 Å². The van der Waals surface area contributed by atoms with Crippen LogP contribution in [0, 0.1) is 17.8 Å². The fourth-order valence-corrected chi connectivity index (χ4v) is 1.69. The van der Waals surface area contributed by atoms with Crippen LogP contribution in [0.5, 0.6) is 0 Å². The Labute approximate surface area is 135 Å². The summed E-state index contributed by atoms with van der Waals surface area (Å²) < 4.78 is 2.35. The van der Waals surface area contributed by atoms with Crippen molar-refractivity contribution in [1.82, 2.24) is 19.9 Å². The number of hydrogen-bond donors (Lipinski definition) is 3. The monoisotopic (exact) mass is 338 g/mol. The van der Waals surface area contributed by atoms with E-state index in [1.165, 1.54) is 0 Å². The normalized spacial score (nSPS) is 9.89. The SMILES string of the molecule is Cc1[c-]cc(C(=O)NCc2c[nH]c(=S)[nH]2)n1C.[Y]. The van der Waals surface area contributed by atoms with Gasteiger partial charge >= 0.3 is 0 Å². The molecule has 0 aliphatic carbocycles. The minimum Gasteiger partial charge on any atom is -0.437 e. The van der Waals surface area contributed by atoms with E-state index >= 15 is 0 Å². The average molecular weight is 338 g/mol. The van der Waals surface area contributed by atoms with Crippen molar-refractivity contribution < 1.29 is 37.5 Å². The van der Waals surface area contributed by atoms with Gasteiger partial charge in [0.15, 0.2) is 10.7 Å². The third-order valence-electron chi connectivity index (χ3n) is 2.61. The Hall–Kier alpha value is -0.716. The number of amides is 1. The molecule has 2 aromatic rings. The van der Waals surface area contributed by atoms with Crippen molar-refractivity contribution in [2.45, 2.75) is 13.5 Å². The Kier molecular flexibility index (Phi) is 5.50. The standard InChI is InChI=1S/C11H13N4OS.Y/c1-7-3-4-9(15(7)2)10(16)12-5-8-6-13-11(17)14-8;/h4,6H,5H2,1-2H3,(H,12,16)(H2,13,14,17);/q-1;. The predicted octanol–water partition coefficient (Wildman–Crippen LogP) is 1.45. The molecule has 0 aromatic carbocycles. The molecule has 5 nitrogen and oxygen atoms in total. The number of carbonyl (C=O) groups excluding carboxylic acids is 1. The number of nitrogens with one attached hydrogen (secondary N) is 3. The van der Waals surface area contributed by atoms with Crippen LogP contribution in [0.3, 0.4) is 0 Å². The number of aromatic nitrogens is 3. The molecule has 0 spiro atoms. The van der Waals surface area contributed by atoms with Crippen LogP contribution >= 0.6 is 12.2 Å². The van der Waals surface area contributed by atoms with Crippen LogP contribution in [0.4, 0.5) is 0 Å². The van der Waals surface area contributed by atoms with Crippen LogP contribution in [0.2, 0.25) is 0 Å². The molecule has 18 heavy (non-hydrogen) atoms. The van der Waals surface area contributed by atoms with Gasteiger partial charge in [0, 0.05) is 38.9 Å². The largest absolute Gasteiger partial charge is 0.437 e. The van der Waals surface area contributed by atoms with E-state index in [0.29, 0.717) is 17.0 Å². The van der Waals surface area contributed by atoms with Crippen LogP contribution in [-0.4, -0.2) is 20.4 Å². The fourth-order valence-electron chi connectivity index (χ4n) is 1.50. The number of rotatable bonds is 3. The second-order valence-electron chi connectivity index (χ2n) is 3.77. The Bertz CT molecular complexity index is 598. The molecule has 2 rings (SSSR count). The number of nitrogens with zero attached hydrogens (tertiary/aromatic N) is 1. The quantitative estimate of drug-likeness (QED) is 0.586. The maximum absolute atomic E-state index is 11.9. The Balaban J connectivity index is 0.00000162. The van der Waals surface area contributed by atoms with Crippen molar-refractivity contribution in [3.8, 4) is 0 Å². The van der Waals surface area contributed by atoms with E-state index in [2.05, 4.69) is 21.4 Å². The van der Waals surface area contributed by atoms with Gasteiger partial charge in [0.05, 0.1) is 12.2 Å². The summed E-state index contributed by atoms with van der Waals surface area (Å²) in [6, 6.07) is 4.68.